The van der Waals surface area contributed by atoms with Crippen LogP contribution in [-0.4, -0.2) is 23.7 Å². The highest BCUT2D eigenvalue weighted by molar-refractivity contribution is 5.94. The summed E-state index contributed by atoms with van der Waals surface area (Å²) >= 11 is 0. The summed E-state index contributed by atoms with van der Waals surface area (Å²) in [6.07, 6.45) is 4.58. The fourth-order valence-corrected chi connectivity index (χ4v) is 2.87. The third-order valence-corrected chi connectivity index (χ3v) is 4.07. The molecule has 3 heteroatoms. The number of amides is 1. The van der Waals surface area contributed by atoms with Crippen molar-refractivity contribution in [3.63, 3.8) is 0 Å². The third kappa shape index (κ3) is 4.34. The zero-order chi connectivity index (χ0) is 15.2. The van der Waals surface area contributed by atoms with E-state index in [1.54, 1.807) is 6.07 Å². The second-order valence-electron chi connectivity index (χ2n) is 5.93. The van der Waals surface area contributed by atoms with Crippen LogP contribution in [0.1, 0.15) is 54.1 Å². The molecule has 2 N–H and O–H groups in total. The molecule has 1 aliphatic carbocycles. The zero-order valence-electron chi connectivity index (χ0n) is 12.8. The summed E-state index contributed by atoms with van der Waals surface area (Å²) in [6, 6.07) is 5.83. The molecule has 2 atom stereocenters. The summed E-state index contributed by atoms with van der Waals surface area (Å²) in [5.74, 6) is 6.18. The van der Waals surface area contributed by atoms with Crippen molar-refractivity contribution in [1.29, 1.82) is 0 Å². The first-order valence-electron chi connectivity index (χ1n) is 7.61. The van der Waals surface area contributed by atoms with Crippen molar-refractivity contribution in [2.45, 2.75) is 45.6 Å². The Labute approximate surface area is 126 Å². The minimum atomic E-state index is -0.171. The molecule has 1 aromatic rings. The van der Waals surface area contributed by atoms with Crippen LogP contribution in [-0.2, 0) is 0 Å². The molecule has 2 rings (SSSR count). The van der Waals surface area contributed by atoms with Crippen LogP contribution >= 0.6 is 0 Å². The Morgan fingerprint density at radius 1 is 1.43 bits per heavy atom. The minimum absolute atomic E-state index is 0.0267. The molecule has 0 spiro atoms. The van der Waals surface area contributed by atoms with Gasteiger partial charge in [0.15, 0.2) is 0 Å². The topological polar surface area (TPSA) is 49.3 Å². The van der Waals surface area contributed by atoms with Crippen LogP contribution in [0.3, 0.4) is 0 Å². The summed E-state index contributed by atoms with van der Waals surface area (Å²) in [4.78, 5) is 12.3. The van der Waals surface area contributed by atoms with E-state index in [-0.39, 0.29) is 18.6 Å². The van der Waals surface area contributed by atoms with Gasteiger partial charge in [-0.1, -0.05) is 37.7 Å². The summed E-state index contributed by atoms with van der Waals surface area (Å²) in [6.45, 7) is 4.02. The Hall–Kier alpha value is -1.79. The normalized spacial score (nSPS) is 21.3. The van der Waals surface area contributed by atoms with Crippen molar-refractivity contribution in [3.05, 3.63) is 34.9 Å². The molecule has 112 valence electrons. The summed E-state index contributed by atoms with van der Waals surface area (Å²) in [7, 11) is 0. The van der Waals surface area contributed by atoms with E-state index < -0.39 is 0 Å². The average Bonchev–Trinajstić information content (AvgIpc) is 2.46. The number of hydrogen-bond donors (Lipinski definition) is 2. The molecule has 21 heavy (non-hydrogen) atoms. The summed E-state index contributed by atoms with van der Waals surface area (Å²) in [5, 5.41) is 11.9. The van der Waals surface area contributed by atoms with E-state index in [1.165, 1.54) is 12.8 Å². The van der Waals surface area contributed by atoms with Gasteiger partial charge in [-0.3, -0.25) is 4.79 Å². The highest BCUT2D eigenvalue weighted by Gasteiger charge is 2.21. The van der Waals surface area contributed by atoms with Crippen LogP contribution in [0.4, 0.5) is 0 Å². The van der Waals surface area contributed by atoms with Gasteiger partial charge in [0.1, 0.15) is 6.61 Å². The molecule has 0 bridgehead atoms. The van der Waals surface area contributed by atoms with Crippen LogP contribution in [0.15, 0.2) is 18.2 Å². The monoisotopic (exact) mass is 285 g/mol. The lowest BCUT2D eigenvalue weighted by molar-refractivity contribution is 0.0921. The maximum absolute atomic E-state index is 12.3. The van der Waals surface area contributed by atoms with Crippen molar-refractivity contribution >= 4 is 5.91 Å². The highest BCUT2D eigenvalue weighted by atomic mass is 16.2. The Morgan fingerprint density at radius 3 is 2.95 bits per heavy atom. The average molecular weight is 285 g/mol. The molecule has 1 fully saturated rings. The lowest BCUT2D eigenvalue weighted by Gasteiger charge is -2.27. The Balaban J connectivity index is 2.08. The van der Waals surface area contributed by atoms with Crippen molar-refractivity contribution in [3.8, 4) is 11.8 Å². The number of aryl methyl sites for hydroxylation is 1. The van der Waals surface area contributed by atoms with Crippen LogP contribution in [0.5, 0.6) is 0 Å². The zero-order valence-corrected chi connectivity index (χ0v) is 12.8. The first-order valence-corrected chi connectivity index (χ1v) is 7.61. The standard InChI is InChI=1S/C18H23NO2/c1-13-5-3-7-17(11-13)19-18(21)16-9-8-14(2)15(12-16)6-4-10-20/h8-9,12-13,17,20H,3,5,7,10-11H2,1-2H3,(H,19,21). The molecule has 0 radical (unpaired) electrons. The summed E-state index contributed by atoms with van der Waals surface area (Å²) in [5.41, 5.74) is 2.45. The van der Waals surface area contributed by atoms with Crippen LogP contribution in [0.2, 0.25) is 0 Å². The molecular weight excluding hydrogens is 262 g/mol. The van der Waals surface area contributed by atoms with E-state index in [0.29, 0.717) is 11.5 Å². The lowest BCUT2D eigenvalue weighted by atomic mass is 9.87. The molecule has 3 nitrogen and oxygen atoms in total. The van der Waals surface area contributed by atoms with Gasteiger partial charge in [0.2, 0.25) is 0 Å². The second kappa shape index (κ2) is 7.28. The van der Waals surface area contributed by atoms with Crippen LogP contribution in [0, 0.1) is 24.7 Å². The second-order valence-corrected chi connectivity index (χ2v) is 5.93. The number of aliphatic hydroxyl groups is 1. The molecule has 0 heterocycles. The fraction of sp³-hybridized carbons (Fsp3) is 0.500. The van der Waals surface area contributed by atoms with E-state index in [4.69, 9.17) is 5.11 Å². The van der Waals surface area contributed by atoms with Crippen LogP contribution < -0.4 is 5.32 Å². The van der Waals surface area contributed by atoms with Gasteiger partial charge in [-0.2, -0.15) is 0 Å². The van der Waals surface area contributed by atoms with Gasteiger partial charge in [-0.05, 0) is 43.4 Å². The van der Waals surface area contributed by atoms with Gasteiger partial charge in [0.05, 0.1) is 0 Å². The quantitative estimate of drug-likeness (QED) is 0.821. The van der Waals surface area contributed by atoms with Gasteiger partial charge in [0, 0.05) is 17.2 Å². The molecule has 0 aromatic heterocycles. The number of rotatable bonds is 2. The molecule has 1 aromatic carbocycles. The van der Waals surface area contributed by atoms with Crippen LogP contribution in [0.25, 0.3) is 0 Å². The maximum atomic E-state index is 12.3. The predicted molar refractivity (Wildman–Crippen MR) is 84.0 cm³/mol. The molecule has 1 aliphatic rings. The fourth-order valence-electron chi connectivity index (χ4n) is 2.87. The SMILES string of the molecule is Cc1ccc(C(=O)NC2CCCC(C)C2)cc1C#CCO. The summed E-state index contributed by atoms with van der Waals surface area (Å²) < 4.78 is 0. The minimum Gasteiger partial charge on any atom is -0.384 e. The van der Waals surface area contributed by atoms with E-state index in [1.807, 2.05) is 19.1 Å². The van der Waals surface area contributed by atoms with Crippen molar-refractivity contribution in [2.24, 2.45) is 5.92 Å². The van der Waals surface area contributed by atoms with Gasteiger partial charge in [0.25, 0.3) is 5.91 Å². The van der Waals surface area contributed by atoms with Gasteiger partial charge in [-0.25, -0.2) is 0 Å². The van der Waals surface area contributed by atoms with Crippen molar-refractivity contribution in [2.75, 3.05) is 6.61 Å². The molecule has 2 unspecified atom stereocenters. The number of aliphatic hydroxyl groups excluding tert-OH is 1. The third-order valence-electron chi connectivity index (χ3n) is 4.07. The molecular formula is C18H23NO2. The first kappa shape index (κ1) is 15.6. The maximum Gasteiger partial charge on any atom is 0.251 e. The van der Waals surface area contributed by atoms with E-state index in [0.717, 1.165) is 24.0 Å². The van der Waals surface area contributed by atoms with Gasteiger partial charge in [-0.15, -0.1) is 0 Å². The number of carbonyl (C=O) groups excluding carboxylic acids is 1. The highest BCUT2D eigenvalue weighted by Crippen LogP contribution is 2.23. The Kier molecular flexibility index (Phi) is 5.41. The first-order chi connectivity index (χ1) is 10.1. The number of nitrogens with one attached hydrogen (secondary N) is 1. The number of carbonyl (C=O) groups is 1. The molecule has 1 amide bonds. The van der Waals surface area contributed by atoms with Crippen molar-refractivity contribution in [1.82, 2.24) is 5.32 Å². The molecule has 0 aliphatic heterocycles. The van der Waals surface area contributed by atoms with E-state index in [9.17, 15) is 4.79 Å². The van der Waals surface area contributed by atoms with E-state index in [2.05, 4.69) is 24.1 Å². The molecule has 1 saturated carbocycles. The van der Waals surface area contributed by atoms with E-state index >= 15 is 0 Å². The van der Waals surface area contributed by atoms with Gasteiger partial charge < -0.3 is 10.4 Å². The number of benzene rings is 1. The predicted octanol–water partition coefficient (Wildman–Crippen LogP) is 2.65. The number of hydrogen-bond acceptors (Lipinski definition) is 2. The smallest absolute Gasteiger partial charge is 0.251 e. The van der Waals surface area contributed by atoms with Crippen molar-refractivity contribution < 1.29 is 9.90 Å². The Bertz CT molecular complexity index is 568. The lowest BCUT2D eigenvalue weighted by Crippen LogP contribution is -2.38. The largest absolute Gasteiger partial charge is 0.384 e. The van der Waals surface area contributed by atoms with Gasteiger partial charge >= 0.3 is 0 Å². The molecule has 0 saturated heterocycles. The Morgan fingerprint density at radius 2 is 2.24 bits per heavy atom.